The van der Waals surface area contributed by atoms with E-state index in [1.807, 2.05) is 67.1 Å². The number of fused-ring (bicyclic) bond motifs is 5. The van der Waals surface area contributed by atoms with Gasteiger partial charge < -0.3 is 24.6 Å². The van der Waals surface area contributed by atoms with Gasteiger partial charge in [-0.1, -0.05) is 31.2 Å². The molecule has 0 radical (unpaired) electrons. The van der Waals surface area contributed by atoms with Gasteiger partial charge in [-0.3, -0.25) is 19.1 Å². The molecule has 222 valence electrons. The van der Waals surface area contributed by atoms with Gasteiger partial charge >= 0.3 is 0 Å². The number of aromatic nitrogens is 2. The van der Waals surface area contributed by atoms with E-state index in [0.717, 1.165) is 29.8 Å². The van der Waals surface area contributed by atoms with E-state index in [4.69, 9.17) is 9.47 Å². The van der Waals surface area contributed by atoms with Gasteiger partial charge in [0.25, 0.3) is 5.91 Å². The molecule has 4 bridgehead atoms. The highest BCUT2D eigenvalue weighted by atomic mass is 16.5. The lowest BCUT2D eigenvalue weighted by Crippen LogP contribution is -2.58. The van der Waals surface area contributed by atoms with E-state index < -0.39 is 6.04 Å². The second kappa shape index (κ2) is 13.2. The van der Waals surface area contributed by atoms with E-state index in [0.29, 0.717) is 49.7 Å². The maximum absolute atomic E-state index is 13.5. The SMILES string of the molecule is CCCn1ncc(C(=O)N2CC[C@@H]3OCc4cccc(c4)Oc4cccc(c4)CC(=O)N(CC)CC(=O)N[C@H]3C2)c1C. The Hall–Kier alpha value is -4.18. The van der Waals surface area contributed by atoms with Crippen molar-refractivity contribution in [1.82, 2.24) is 24.9 Å². The van der Waals surface area contributed by atoms with Gasteiger partial charge in [-0.05, 0) is 62.1 Å². The fraction of sp³-hybridized carbons (Fsp3) is 0.438. The van der Waals surface area contributed by atoms with Crippen LogP contribution in [0, 0.1) is 6.92 Å². The third kappa shape index (κ3) is 6.82. The summed E-state index contributed by atoms with van der Waals surface area (Å²) in [5.74, 6) is 0.764. The molecule has 5 rings (SSSR count). The predicted molar refractivity (Wildman–Crippen MR) is 157 cm³/mol. The fourth-order valence-corrected chi connectivity index (χ4v) is 5.56. The van der Waals surface area contributed by atoms with E-state index in [1.165, 1.54) is 4.90 Å². The third-order valence-corrected chi connectivity index (χ3v) is 7.87. The second-order valence-electron chi connectivity index (χ2n) is 10.9. The Morgan fingerprint density at radius 2 is 1.81 bits per heavy atom. The van der Waals surface area contributed by atoms with Crippen molar-refractivity contribution in [2.24, 2.45) is 0 Å². The summed E-state index contributed by atoms with van der Waals surface area (Å²) in [6.45, 7) is 8.01. The molecular formula is C32H39N5O5. The van der Waals surface area contributed by atoms with Crippen LogP contribution in [0.15, 0.2) is 54.7 Å². The number of benzene rings is 2. The first-order chi connectivity index (χ1) is 20.3. The van der Waals surface area contributed by atoms with Gasteiger partial charge in [0.05, 0.1) is 43.5 Å². The van der Waals surface area contributed by atoms with Crippen molar-refractivity contribution in [2.45, 2.75) is 65.3 Å². The van der Waals surface area contributed by atoms with Crippen LogP contribution in [0.5, 0.6) is 11.5 Å². The standard InChI is InChI=1S/C32H39N5O5/c1-4-13-37-22(3)27(18-33-37)32(40)36-14-12-29-28(19-36)34-30(38)20-35(5-2)31(39)17-23-8-6-10-25(15-23)42-26-11-7-9-24(16-26)21-41-29/h6-11,15-16,18,28-29H,4-5,12-14,17,19-21H2,1-3H3,(H,34,38)/t28-,29-/m0/s1. The molecule has 42 heavy (non-hydrogen) atoms. The zero-order valence-corrected chi connectivity index (χ0v) is 24.5. The molecule has 1 aromatic heterocycles. The molecule has 3 heterocycles. The summed E-state index contributed by atoms with van der Waals surface area (Å²) < 4.78 is 14.3. The largest absolute Gasteiger partial charge is 0.457 e. The Morgan fingerprint density at radius 1 is 1.07 bits per heavy atom. The summed E-state index contributed by atoms with van der Waals surface area (Å²) in [5, 5.41) is 7.48. The summed E-state index contributed by atoms with van der Waals surface area (Å²) in [5.41, 5.74) is 3.14. The molecule has 0 aliphatic carbocycles. The van der Waals surface area contributed by atoms with Gasteiger partial charge in [0.2, 0.25) is 11.8 Å². The number of hydrogen-bond donors (Lipinski definition) is 1. The number of nitrogens with one attached hydrogen (secondary N) is 1. The van der Waals surface area contributed by atoms with Gasteiger partial charge in [0, 0.05) is 31.9 Å². The van der Waals surface area contributed by atoms with Gasteiger partial charge in [-0.2, -0.15) is 5.10 Å². The van der Waals surface area contributed by atoms with Crippen LogP contribution in [0.3, 0.4) is 0 Å². The van der Waals surface area contributed by atoms with Crippen molar-refractivity contribution in [3.05, 3.63) is 77.1 Å². The van der Waals surface area contributed by atoms with Crippen molar-refractivity contribution in [1.29, 1.82) is 0 Å². The summed E-state index contributed by atoms with van der Waals surface area (Å²) in [6.07, 6.45) is 2.94. The van der Waals surface area contributed by atoms with Crippen molar-refractivity contribution < 1.29 is 23.9 Å². The third-order valence-electron chi connectivity index (χ3n) is 7.87. The molecular weight excluding hydrogens is 534 g/mol. The van der Waals surface area contributed by atoms with E-state index in [9.17, 15) is 14.4 Å². The Labute approximate surface area is 246 Å². The normalized spacial score (nSPS) is 19.9. The molecule has 1 fully saturated rings. The number of aryl methyl sites for hydroxylation is 1. The molecule has 0 saturated carbocycles. The van der Waals surface area contributed by atoms with E-state index in [-0.39, 0.29) is 36.8 Å². The number of hydrogen-bond acceptors (Lipinski definition) is 6. The Morgan fingerprint density at radius 3 is 2.55 bits per heavy atom. The smallest absolute Gasteiger partial charge is 0.257 e. The fourth-order valence-electron chi connectivity index (χ4n) is 5.56. The first-order valence-corrected chi connectivity index (χ1v) is 14.7. The molecule has 1 N–H and O–H groups in total. The molecule has 10 heteroatoms. The number of rotatable bonds is 4. The predicted octanol–water partition coefficient (Wildman–Crippen LogP) is 3.71. The average Bonchev–Trinajstić information content (AvgIpc) is 3.34. The lowest BCUT2D eigenvalue weighted by molar-refractivity contribution is -0.136. The zero-order chi connectivity index (χ0) is 29.6. The van der Waals surface area contributed by atoms with Crippen LogP contribution >= 0.6 is 0 Å². The number of carbonyl (C=O) groups excluding carboxylic acids is 3. The Bertz CT molecular complexity index is 1440. The van der Waals surface area contributed by atoms with Crippen LogP contribution in [-0.4, -0.2) is 75.6 Å². The molecule has 3 amide bonds. The molecule has 0 spiro atoms. The van der Waals surface area contributed by atoms with E-state index >= 15 is 0 Å². The van der Waals surface area contributed by atoms with E-state index in [2.05, 4.69) is 17.3 Å². The molecule has 2 aliphatic heterocycles. The quantitative estimate of drug-likeness (QED) is 0.510. The molecule has 2 atom stereocenters. The minimum Gasteiger partial charge on any atom is -0.457 e. The Kier molecular flexibility index (Phi) is 9.22. The number of likely N-dealkylation sites (N-methyl/N-ethyl adjacent to an activating group) is 1. The first kappa shape index (κ1) is 29.3. The van der Waals surface area contributed by atoms with Gasteiger partial charge in [0.15, 0.2) is 0 Å². The summed E-state index contributed by atoms with van der Waals surface area (Å²) in [6, 6.07) is 14.7. The molecule has 0 unspecified atom stereocenters. The van der Waals surface area contributed by atoms with Crippen LogP contribution in [0.25, 0.3) is 0 Å². The number of nitrogens with zero attached hydrogens (tertiary/aromatic N) is 4. The molecule has 2 aromatic carbocycles. The lowest BCUT2D eigenvalue weighted by atomic mass is 10.0. The topological polar surface area (TPSA) is 106 Å². The second-order valence-corrected chi connectivity index (χ2v) is 10.9. The zero-order valence-electron chi connectivity index (χ0n) is 24.5. The summed E-state index contributed by atoms with van der Waals surface area (Å²) in [7, 11) is 0. The van der Waals surface area contributed by atoms with Crippen molar-refractivity contribution in [2.75, 3.05) is 26.2 Å². The average molecular weight is 574 g/mol. The minimum absolute atomic E-state index is 0.0770. The van der Waals surface area contributed by atoms with Gasteiger partial charge in [0.1, 0.15) is 11.5 Å². The van der Waals surface area contributed by atoms with Crippen molar-refractivity contribution in [3.8, 4) is 11.5 Å². The molecule has 3 aromatic rings. The molecule has 1 saturated heterocycles. The number of amides is 3. The minimum atomic E-state index is -0.444. The highest BCUT2D eigenvalue weighted by molar-refractivity contribution is 5.95. The van der Waals surface area contributed by atoms with Crippen LogP contribution in [0.4, 0.5) is 0 Å². The maximum atomic E-state index is 13.5. The van der Waals surface area contributed by atoms with E-state index in [1.54, 1.807) is 11.1 Å². The van der Waals surface area contributed by atoms with Crippen molar-refractivity contribution in [3.63, 3.8) is 0 Å². The molecule has 2 aliphatic rings. The maximum Gasteiger partial charge on any atom is 0.257 e. The monoisotopic (exact) mass is 573 g/mol. The van der Waals surface area contributed by atoms with Crippen LogP contribution in [0.1, 0.15) is 53.9 Å². The van der Waals surface area contributed by atoms with Crippen LogP contribution in [-0.2, 0) is 33.9 Å². The van der Waals surface area contributed by atoms with Gasteiger partial charge in [-0.15, -0.1) is 0 Å². The van der Waals surface area contributed by atoms with Gasteiger partial charge in [-0.25, -0.2) is 0 Å². The summed E-state index contributed by atoms with van der Waals surface area (Å²) in [4.78, 5) is 43.3. The number of carbonyl (C=O) groups is 3. The summed E-state index contributed by atoms with van der Waals surface area (Å²) >= 11 is 0. The van der Waals surface area contributed by atoms with Crippen molar-refractivity contribution >= 4 is 17.7 Å². The van der Waals surface area contributed by atoms with Crippen LogP contribution < -0.4 is 10.1 Å². The first-order valence-electron chi connectivity index (χ1n) is 14.7. The number of ether oxygens (including phenoxy) is 2. The number of piperidine rings is 1. The molecule has 10 nitrogen and oxygen atoms in total. The Balaban J connectivity index is 1.39. The highest BCUT2D eigenvalue weighted by Gasteiger charge is 2.35. The van der Waals surface area contributed by atoms with Crippen LogP contribution in [0.2, 0.25) is 0 Å². The highest BCUT2D eigenvalue weighted by Crippen LogP contribution is 2.25. The number of likely N-dealkylation sites (tertiary alicyclic amines) is 1. The lowest BCUT2D eigenvalue weighted by Gasteiger charge is -2.39.